The normalized spacial score (nSPS) is 11.2. The molecule has 104 valence electrons. The SMILES string of the molecule is N#Cc1ccc(S(=O)(=O)NCc2ccc(Br)s2)c(Cl)c1. The van der Waals surface area contributed by atoms with E-state index < -0.39 is 10.0 Å². The van der Waals surface area contributed by atoms with Crippen LogP contribution in [0.25, 0.3) is 0 Å². The molecule has 0 saturated heterocycles. The van der Waals surface area contributed by atoms with Crippen molar-refractivity contribution in [3.05, 3.63) is 49.6 Å². The second kappa shape index (κ2) is 6.24. The lowest BCUT2D eigenvalue weighted by atomic mass is 10.2. The predicted octanol–water partition coefficient (Wildman–Crippen LogP) is 3.51. The standard InChI is InChI=1S/C12H8BrClN2O2S2/c13-12-4-2-9(19-12)7-16-20(17,18)11-3-1-8(6-15)5-10(11)14/h1-5,16H,7H2. The number of hydrogen-bond donors (Lipinski definition) is 1. The molecule has 0 bridgehead atoms. The zero-order valence-corrected chi connectivity index (χ0v) is 13.9. The van der Waals surface area contributed by atoms with E-state index in [4.69, 9.17) is 16.9 Å². The second-order valence-electron chi connectivity index (χ2n) is 3.79. The molecule has 0 spiro atoms. The molecule has 0 aliphatic rings. The molecular weight excluding hydrogens is 384 g/mol. The van der Waals surface area contributed by atoms with Gasteiger partial charge in [-0.05, 0) is 46.3 Å². The van der Waals surface area contributed by atoms with Crippen molar-refractivity contribution in [2.75, 3.05) is 0 Å². The summed E-state index contributed by atoms with van der Waals surface area (Å²) in [7, 11) is -3.70. The predicted molar refractivity (Wildman–Crippen MR) is 82.2 cm³/mol. The molecule has 0 amide bonds. The van der Waals surface area contributed by atoms with Crippen molar-refractivity contribution in [1.29, 1.82) is 5.26 Å². The van der Waals surface area contributed by atoms with Crippen molar-refractivity contribution >= 4 is 48.9 Å². The van der Waals surface area contributed by atoms with Crippen LogP contribution < -0.4 is 4.72 Å². The third kappa shape index (κ3) is 3.59. The first kappa shape index (κ1) is 15.5. The van der Waals surface area contributed by atoms with Gasteiger partial charge in [0.2, 0.25) is 10.0 Å². The largest absolute Gasteiger partial charge is 0.242 e. The summed E-state index contributed by atoms with van der Waals surface area (Å²) in [5, 5.41) is 8.76. The Bertz CT molecular complexity index is 781. The van der Waals surface area contributed by atoms with E-state index in [1.165, 1.54) is 29.5 Å². The first-order valence-corrected chi connectivity index (χ1v) is 8.83. The minimum Gasteiger partial charge on any atom is -0.207 e. The summed E-state index contributed by atoms with van der Waals surface area (Å²) in [4.78, 5) is 0.846. The molecule has 1 aromatic heterocycles. The monoisotopic (exact) mass is 390 g/mol. The molecule has 1 aromatic carbocycles. The minimum atomic E-state index is -3.70. The Hall–Kier alpha value is -0.910. The Balaban J connectivity index is 2.20. The molecule has 0 unspecified atom stereocenters. The van der Waals surface area contributed by atoms with Crippen LogP contribution in [0.2, 0.25) is 5.02 Å². The highest BCUT2D eigenvalue weighted by molar-refractivity contribution is 9.11. The Morgan fingerprint density at radius 1 is 1.35 bits per heavy atom. The van der Waals surface area contributed by atoms with Crippen molar-refractivity contribution in [3.63, 3.8) is 0 Å². The molecule has 2 aromatic rings. The van der Waals surface area contributed by atoms with E-state index in [0.29, 0.717) is 5.56 Å². The van der Waals surface area contributed by atoms with Crippen LogP contribution in [0.1, 0.15) is 10.4 Å². The van der Waals surface area contributed by atoms with E-state index in [0.717, 1.165) is 8.66 Å². The van der Waals surface area contributed by atoms with E-state index in [9.17, 15) is 8.42 Å². The maximum Gasteiger partial charge on any atom is 0.242 e. The van der Waals surface area contributed by atoms with E-state index in [2.05, 4.69) is 20.7 Å². The molecule has 4 nitrogen and oxygen atoms in total. The van der Waals surface area contributed by atoms with Crippen molar-refractivity contribution in [1.82, 2.24) is 4.72 Å². The number of benzene rings is 1. The Morgan fingerprint density at radius 3 is 2.65 bits per heavy atom. The number of nitrogens with one attached hydrogen (secondary N) is 1. The first-order chi connectivity index (χ1) is 9.42. The van der Waals surface area contributed by atoms with Gasteiger partial charge in [-0.2, -0.15) is 5.26 Å². The lowest BCUT2D eigenvalue weighted by Crippen LogP contribution is -2.23. The van der Waals surface area contributed by atoms with Crippen LogP contribution >= 0.6 is 38.9 Å². The van der Waals surface area contributed by atoms with Crippen LogP contribution in [0.5, 0.6) is 0 Å². The van der Waals surface area contributed by atoms with Crippen molar-refractivity contribution < 1.29 is 8.42 Å². The van der Waals surface area contributed by atoms with Gasteiger partial charge in [0.15, 0.2) is 0 Å². The second-order valence-corrected chi connectivity index (χ2v) is 8.48. The number of rotatable bonds is 4. The molecular formula is C12H8BrClN2O2S2. The van der Waals surface area contributed by atoms with Gasteiger partial charge in [-0.1, -0.05) is 11.6 Å². The van der Waals surface area contributed by atoms with Gasteiger partial charge in [0.25, 0.3) is 0 Å². The third-order valence-electron chi connectivity index (χ3n) is 2.42. The lowest BCUT2D eigenvalue weighted by Gasteiger charge is -2.07. The number of thiophene rings is 1. The van der Waals surface area contributed by atoms with Gasteiger partial charge in [-0.3, -0.25) is 0 Å². The number of nitrogens with zero attached hydrogens (tertiary/aromatic N) is 1. The average molecular weight is 392 g/mol. The zero-order valence-electron chi connectivity index (χ0n) is 9.93. The summed E-state index contributed by atoms with van der Waals surface area (Å²) in [5.74, 6) is 0. The summed E-state index contributed by atoms with van der Waals surface area (Å²) in [6.07, 6.45) is 0. The molecule has 0 saturated carbocycles. The van der Waals surface area contributed by atoms with Crippen molar-refractivity contribution in [3.8, 4) is 6.07 Å². The molecule has 0 fully saturated rings. The Kier molecular flexibility index (Phi) is 4.83. The molecule has 0 aliphatic heterocycles. The number of halogens is 2. The van der Waals surface area contributed by atoms with Crippen molar-refractivity contribution in [2.45, 2.75) is 11.4 Å². The average Bonchev–Trinajstić information content (AvgIpc) is 2.82. The van der Waals surface area contributed by atoms with Gasteiger partial charge < -0.3 is 0 Å². The third-order valence-corrected chi connectivity index (χ3v) is 5.92. The fraction of sp³-hybridized carbons (Fsp3) is 0.0833. The van der Waals surface area contributed by atoms with Crippen LogP contribution in [0.15, 0.2) is 39.0 Å². The van der Waals surface area contributed by atoms with Crippen molar-refractivity contribution in [2.24, 2.45) is 0 Å². The van der Waals surface area contributed by atoms with E-state index >= 15 is 0 Å². The summed E-state index contributed by atoms with van der Waals surface area (Å²) in [6, 6.07) is 9.66. The summed E-state index contributed by atoms with van der Waals surface area (Å²) in [6.45, 7) is 0.189. The molecule has 0 radical (unpaired) electrons. The smallest absolute Gasteiger partial charge is 0.207 e. The maximum absolute atomic E-state index is 12.1. The van der Waals surface area contributed by atoms with Crippen LogP contribution in [0.3, 0.4) is 0 Å². The fourth-order valence-electron chi connectivity index (χ4n) is 1.48. The highest BCUT2D eigenvalue weighted by Gasteiger charge is 2.18. The van der Waals surface area contributed by atoms with Crippen LogP contribution in [-0.2, 0) is 16.6 Å². The quantitative estimate of drug-likeness (QED) is 0.867. The maximum atomic E-state index is 12.1. The molecule has 2 rings (SSSR count). The van der Waals surface area contributed by atoms with Crippen LogP contribution in [0, 0.1) is 11.3 Å². The Morgan fingerprint density at radius 2 is 2.10 bits per heavy atom. The van der Waals surface area contributed by atoms with Gasteiger partial charge >= 0.3 is 0 Å². The molecule has 1 N–H and O–H groups in total. The summed E-state index contributed by atoms with van der Waals surface area (Å²) < 4.78 is 27.7. The zero-order chi connectivity index (χ0) is 14.8. The molecule has 20 heavy (non-hydrogen) atoms. The summed E-state index contributed by atoms with van der Waals surface area (Å²) >= 11 is 10.7. The van der Waals surface area contributed by atoms with Gasteiger partial charge in [0.1, 0.15) is 4.90 Å². The molecule has 1 heterocycles. The minimum absolute atomic E-state index is 0.0314. The molecule has 0 atom stereocenters. The van der Waals surface area contributed by atoms with E-state index in [1.54, 1.807) is 0 Å². The van der Waals surface area contributed by atoms with E-state index in [-0.39, 0.29) is 16.5 Å². The first-order valence-electron chi connectivity index (χ1n) is 5.36. The van der Waals surface area contributed by atoms with Crippen LogP contribution in [-0.4, -0.2) is 8.42 Å². The highest BCUT2D eigenvalue weighted by Crippen LogP contribution is 2.24. The van der Waals surface area contributed by atoms with E-state index in [1.807, 2.05) is 18.2 Å². The molecule has 8 heteroatoms. The number of sulfonamides is 1. The number of nitriles is 1. The Labute approximate surface area is 134 Å². The lowest BCUT2D eigenvalue weighted by molar-refractivity contribution is 0.582. The van der Waals surface area contributed by atoms with Gasteiger partial charge in [-0.15, -0.1) is 11.3 Å². The number of hydrogen-bond acceptors (Lipinski definition) is 4. The van der Waals surface area contributed by atoms with Gasteiger partial charge in [0, 0.05) is 11.4 Å². The van der Waals surface area contributed by atoms with Gasteiger partial charge in [-0.25, -0.2) is 13.1 Å². The van der Waals surface area contributed by atoms with Crippen LogP contribution in [0.4, 0.5) is 0 Å². The van der Waals surface area contributed by atoms with Gasteiger partial charge in [0.05, 0.1) is 20.4 Å². The fourth-order valence-corrected chi connectivity index (χ4v) is 4.54. The topological polar surface area (TPSA) is 70.0 Å². The highest BCUT2D eigenvalue weighted by atomic mass is 79.9. The summed E-state index contributed by atoms with van der Waals surface area (Å²) in [5.41, 5.74) is 0.316. The molecule has 0 aliphatic carbocycles.